The summed E-state index contributed by atoms with van der Waals surface area (Å²) < 4.78 is 54.2. The number of pyridine rings is 1. The molecule has 1 N–H and O–H groups in total. The van der Waals surface area contributed by atoms with Gasteiger partial charge in [-0.2, -0.15) is 0 Å². The quantitative estimate of drug-likeness (QED) is 0.559. The zero-order valence-corrected chi connectivity index (χ0v) is 6.45. The maximum Gasteiger partial charge on any atom is 0.0863 e. The molecular formula is C11H8N2. The molecule has 2 heterocycles. The van der Waals surface area contributed by atoms with Crippen LogP contribution < -0.4 is 0 Å². The first-order valence-corrected chi connectivity index (χ1v) is 3.70. The fourth-order valence-corrected chi connectivity index (χ4v) is 1.28. The minimum absolute atomic E-state index is 0.125. The van der Waals surface area contributed by atoms with Crippen LogP contribution in [0.4, 0.5) is 0 Å². The lowest BCUT2D eigenvalue weighted by atomic mass is 10.2. The van der Waals surface area contributed by atoms with E-state index in [1.165, 1.54) is 0 Å². The maximum atomic E-state index is 7.93. The van der Waals surface area contributed by atoms with E-state index in [0.717, 1.165) is 0 Å². The summed E-state index contributed by atoms with van der Waals surface area (Å²) in [7, 11) is 0. The van der Waals surface area contributed by atoms with E-state index in [-0.39, 0.29) is 52.1 Å². The third-order valence-electron chi connectivity index (χ3n) is 1.84. The molecule has 0 spiro atoms. The van der Waals surface area contributed by atoms with Gasteiger partial charge in [0, 0.05) is 22.5 Å². The lowest BCUT2D eigenvalue weighted by molar-refractivity contribution is 1.35. The van der Waals surface area contributed by atoms with Gasteiger partial charge in [0.05, 0.1) is 21.3 Å². The SMILES string of the molecule is [2H]c1nc([2H])c2[nH]c3c([2H])c([2H])c([2H])c([2H])c3c2c1[2H]. The summed E-state index contributed by atoms with van der Waals surface area (Å²) in [6, 6.07) is -1.59. The highest BCUT2D eigenvalue weighted by Crippen LogP contribution is 2.23. The van der Waals surface area contributed by atoms with Gasteiger partial charge in [0.15, 0.2) is 0 Å². The Hall–Kier alpha value is -1.83. The van der Waals surface area contributed by atoms with Gasteiger partial charge in [-0.3, -0.25) is 4.98 Å². The van der Waals surface area contributed by atoms with Crippen LogP contribution in [0.25, 0.3) is 21.8 Å². The van der Waals surface area contributed by atoms with Crippen LogP contribution in [0, 0.1) is 0 Å². The second-order valence-electron chi connectivity index (χ2n) is 2.59. The number of rotatable bonds is 0. The summed E-state index contributed by atoms with van der Waals surface area (Å²) in [5, 5.41) is 0.261. The monoisotopic (exact) mass is 175 g/mol. The Bertz CT molecular complexity index is 884. The van der Waals surface area contributed by atoms with Crippen molar-refractivity contribution in [2.75, 3.05) is 0 Å². The van der Waals surface area contributed by atoms with Crippen molar-refractivity contribution in [2.24, 2.45) is 0 Å². The van der Waals surface area contributed by atoms with Crippen molar-refractivity contribution in [2.45, 2.75) is 0 Å². The first-order valence-electron chi connectivity index (χ1n) is 7.20. The number of nitrogens with zero attached hydrogens (tertiary/aromatic N) is 1. The predicted molar refractivity (Wildman–Crippen MR) is 53.6 cm³/mol. The predicted octanol–water partition coefficient (Wildman–Crippen LogP) is 2.72. The van der Waals surface area contributed by atoms with Gasteiger partial charge in [-0.1, -0.05) is 18.1 Å². The van der Waals surface area contributed by atoms with Gasteiger partial charge in [-0.05, 0) is 12.1 Å². The number of fused-ring (bicyclic) bond motifs is 3. The van der Waals surface area contributed by atoms with Gasteiger partial charge < -0.3 is 4.98 Å². The van der Waals surface area contributed by atoms with Gasteiger partial charge in [-0.25, -0.2) is 0 Å². The Kier molecular flexibility index (Phi) is 0.508. The fraction of sp³-hybridized carbons (Fsp3) is 0. The van der Waals surface area contributed by atoms with Crippen LogP contribution in [0.1, 0.15) is 9.60 Å². The number of benzene rings is 1. The normalized spacial score (nSPS) is 18.6. The first-order chi connectivity index (χ1) is 9.34. The Morgan fingerprint density at radius 3 is 2.92 bits per heavy atom. The Labute approximate surface area is 85.1 Å². The summed E-state index contributed by atoms with van der Waals surface area (Å²) in [4.78, 5) is 6.33. The van der Waals surface area contributed by atoms with Gasteiger partial charge in [-0.15, -0.1) is 0 Å². The van der Waals surface area contributed by atoms with Crippen LogP contribution in [-0.2, 0) is 0 Å². The maximum absolute atomic E-state index is 7.93. The molecule has 0 aliphatic carbocycles. The summed E-state index contributed by atoms with van der Waals surface area (Å²) >= 11 is 0. The largest absolute Gasteiger partial charge is 0.353 e. The summed E-state index contributed by atoms with van der Waals surface area (Å²) in [5.41, 5.74) is 0.272. The first kappa shape index (κ1) is 2.84. The molecule has 0 fully saturated rings. The van der Waals surface area contributed by atoms with Gasteiger partial charge in [0.25, 0.3) is 0 Å². The molecule has 0 saturated heterocycles. The Morgan fingerprint density at radius 2 is 1.92 bits per heavy atom. The zero-order valence-electron chi connectivity index (χ0n) is 13.4. The molecule has 0 aliphatic heterocycles. The fourth-order valence-electron chi connectivity index (χ4n) is 1.28. The van der Waals surface area contributed by atoms with E-state index in [2.05, 4.69) is 9.97 Å². The number of aromatic nitrogens is 2. The topological polar surface area (TPSA) is 28.7 Å². The molecule has 2 nitrogen and oxygen atoms in total. The molecule has 3 rings (SSSR count). The molecule has 0 saturated carbocycles. The Morgan fingerprint density at radius 1 is 1.08 bits per heavy atom. The third kappa shape index (κ3) is 0.855. The number of aromatic amines is 1. The highest BCUT2D eigenvalue weighted by molar-refractivity contribution is 6.06. The number of hydrogen-bond donors (Lipinski definition) is 1. The van der Waals surface area contributed by atoms with E-state index in [9.17, 15) is 0 Å². The molecule has 2 aromatic heterocycles. The van der Waals surface area contributed by atoms with Crippen LogP contribution >= 0.6 is 0 Å². The van der Waals surface area contributed by atoms with Crippen molar-refractivity contribution < 1.29 is 9.60 Å². The van der Waals surface area contributed by atoms with E-state index in [1.54, 1.807) is 0 Å². The summed E-state index contributed by atoms with van der Waals surface area (Å²) in [6.45, 7) is 0. The third-order valence-corrected chi connectivity index (χ3v) is 1.84. The van der Waals surface area contributed by atoms with Crippen molar-refractivity contribution in [3.63, 3.8) is 0 Å². The van der Waals surface area contributed by atoms with Crippen LogP contribution in [0.5, 0.6) is 0 Å². The van der Waals surface area contributed by atoms with E-state index >= 15 is 0 Å². The molecule has 62 valence electrons. The standard InChI is InChI=1S/C11H8N2/c1-2-4-10-8(3-1)9-5-6-12-7-11(9)13-10/h1-7,13H/i1D,2D,3D,4D,5D,6D,7D. The Balaban J connectivity index is 2.72. The van der Waals surface area contributed by atoms with Crippen LogP contribution in [0.3, 0.4) is 0 Å². The number of H-pyrrole nitrogens is 1. The summed E-state index contributed by atoms with van der Waals surface area (Å²) in [5.74, 6) is 0. The zero-order chi connectivity index (χ0) is 14.8. The summed E-state index contributed by atoms with van der Waals surface area (Å²) in [6.07, 6.45) is -0.648. The average molecular weight is 175 g/mol. The molecule has 1 aromatic carbocycles. The van der Waals surface area contributed by atoms with E-state index in [1.807, 2.05) is 0 Å². The molecule has 0 radical (unpaired) electrons. The van der Waals surface area contributed by atoms with Crippen LogP contribution in [0.2, 0.25) is 0 Å². The van der Waals surface area contributed by atoms with Crippen LogP contribution in [-0.4, -0.2) is 9.97 Å². The van der Waals surface area contributed by atoms with Crippen molar-refractivity contribution in [3.05, 3.63) is 42.6 Å². The van der Waals surface area contributed by atoms with Gasteiger partial charge in [0.1, 0.15) is 0 Å². The molecular weight excluding hydrogens is 160 g/mol. The van der Waals surface area contributed by atoms with E-state index in [4.69, 9.17) is 9.60 Å². The molecule has 3 aromatic rings. The average Bonchev–Trinajstić information content (AvgIpc) is 2.81. The van der Waals surface area contributed by atoms with Crippen molar-refractivity contribution in [1.82, 2.24) is 9.97 Å². The van der Waals surface area contributed by atoms with Gasteiger partial charge in [0.2, 0.25) is 0 Å². The van der Waals surface area contributed by atoms with Crippen molar-refractivity contribution >= 4 is 21.8 Å². The minimum Gasteiger partial charge on any atom is -0.353 e. The van der Waals surface area contributed by atoms with E-state index < -0.39 is 12.2 Å². The number of para-hydroxylation sites is 1. The lowest BCUT2D eigenvalue weighted by Crippen LogP contribution is -1.68. The number of hydrogen-bond acceptors (Lipinski definition) is 1. The highest BCUT2D eigenvalue weighted by Gasteiger charge is 2.00. The highest BCUT2D eigenvalue weighted by atomic mass is 14.7. The molecule has 0 atom stereocenters. The second kappa shape index (κ2) is 2.33. The smallest absolute Gasteiger partial charge is 0.0863 e. The van der Waals surface area contributed by atoms with Gasteiger partial charge >= 0.3 is 0 Å². The van der Waals surface area contributed by atoms with Crippen LogP contribution in [0.15, 0.2) is 42.6 Å². The molecule has 2 heteroatoms. The lowest BCUT2D eigenvalue weighted by Gasteiger charge is -1.87. The molecule has 13 heavy (non-hydrogen) atoms. The van der Waals surface area contributed by atoms with Crippen molar-refractivity contribution in [3.8, 4) is 0 Å². The molecule has 0 unspecified atom stereocenters. The minimum atomic E-state index is -0.405. The van der Waals surface area contributed by atoms with Crippen molar-refractivity contribution in [1.29, 1.82) is 0 Å². The molecule has 0 bridgehead atoms. The molecule has 0 aliphatic rings. The molecule has 0 amide bonds. The second-order valence-corrected chi connectivity index (χ2v) is 2.59. The van der Waals surface area contributed by atoms with E-state index in [0.29, 0.717) is 0 Å². The number of nitrogens with one attached hydrogen (secondary N) is 1.